The van der Waals surface area contributed by atoms with Crippen molar-refractivity contribution < 1.29 is 27.4 Å². The molecule has 0 radical (unpaired) electrons. The fourth-order valence-corrected chi connectivity index (χ4v) is 4.08. The topological polar surface area (TPSA) is 47.6 Å². The van der Waals surface area contributed by atoms with Crippen molar-refractivity contribution in [1.29, 1.82) is 0 Å². The Morgan fingerprint density at radius 3 is 2.67 bits per heavy atom. The maximum Gasteiger partial charge on any atom is 0.416 e. The second-order valence-corrected chi connectivity index (χ2v) is 7.99. The van der Waals surface area contributed by atoms with Crippen LogP contribution in [-0.2, 0) is 35.1 Å². The van der Waals surface area contributed by atoms with E-state index in [-0.39, 0.29) is 25.0 Å². The summed E-state index contributed by atoms with van der Waals surface area (Å²) >= 11 is 0. The molecule has 0 heterocycles. The van der Waals surface area contributed by atoms with Gasteiger partial charge in [0.2, 0.25) is 0 Å². The van der Waals surface area contributed by atoms with Gasteiger partial charge < -0.3 is 14.8 Å². The lowest BCUT2D eigenvalue weighted by Crippen LogP contribution is -2.19. The van der Waals surface area contributed by atoms with E-state index in [2.05, 4.69) is 22.2 Å². The third-order valence-electron chi connectivity index (χ3n) is 5.76. The molecule has 1 unspecified atom stereocenters. The van der Waals surface area contributed by atoms with Crippen LogP contribution in [0.5, 0.6) is 11.5 Å². The highest BCUT2D eigenvalue weighted by Crippen LogP contribution is 2.36. The molecule has 0 bridgehead atoms. The number of hydrogen-bond donors (Lipinski definition) is 1. The lowest BCUT2D eigenvalue weighted by Gasteiger charge is -2.18. The van der Waals surface area contributed by atoms with Gasteiger partial charge in [0, 0.05) is 18.2 Å². The quantitative estimate of drug-likeness (QED) is 0.445. The highest BCUT2D eigenvalue weighted by Gasteiger charge is 2.31. The lowest BCUT2D eigenvalue weighted by molar-refractivity contribution is -0.140. The number of hydrogen-bond acceptors (Lipinski definition) is 4. The number of esters is 1. The number of carbonyl (C=O) groups is 1. The zero-order chi connectivity index (χ0) is 23.4. The molecule has 33 heavy (non-hydrogen) atoms. The molecule has 0 aliphatic heterocycles. The number of methoxy groups -OCH3 is 1. The number of fused-ring (bicyclic) bond motifs is 1. The summed E-state index contributed by atoms with van der Waals surface area (Å²) in [6.45, 7) is 0.222. The first-order valence-electron chi connectivity index (χ1n) is 10.7. The van der Waals surface area contributed by atoms with E-state index in [0.29, 0.717) is 22.6 Å². The molecule has 1 aliphatic carbocycles. The standard InChI is InChI=1S/C26H24F3NO3/c1-32-25(31)14-17-5-4-7-21(13-17)33-24-12-10-20(26(27,28)29)15-19(24)16-30-23-11-9-18-6-2-3-8-22(18)23/h2-8,10,12-13,15,23,30H,9,11,14,16H2,1H3. The first-order chi connectivity index (χ1) is 15.8. The molecule has 4 nitrogen and oxygen atoms in total. The maximum atomic E-state index is 13.4. The predicted molar refractivity (Wildman–Crippen MR) is 118 cm³/mol. The molecule has 1 N–H and O–H groups in total. The molecule has 0 saturated heterocycles. The van der Waals surface area contributed by atoms with Crippen molar-refractivity contribution in [2.45, 2.75) is 38.0 Å². The number of rotatable bonds is 7. The molecule has 0 amide bonds. The molecule has 1 atom stereocenters. The van der Waals surface area contributed by atoms with Crippen molar-refractivity contribution in [3.8, 4) is 11.5 Å². The van der Waals surface area contributed by atoms with Crippen molar-refractivity contribution >= 4 is 5.97 Å². The summed E-state index contributed by atoms with van der Waals surface area (Å²) in [5, 5.41) is 3.40. The molecule has 0 fully saturated rings. The van der Waals surface area contributed by atoms with Gasteiger partial charge in [0.1, 0.15) is 11.5 Å². The Bertz CT molecular complexity index is 1140. The van der Waals surface area contributed by atoms with Crippen LogP contribution >= 0.6 is 0 Å². The minimum Gasteiger partial charge on any atom is -0.469 e. The molecule has 0 saturated carbocycles. The summed E-state index contributed by atoms with van der Waals surface area (Å²) in [6, 6.07) is 18.5. The number of ether oxygens (including phenoxy) is 2. The van der Waals surface area contributed by atoms with Gasteiger partial charge in [0.15, 0.2) is 0 Å². The summed E-state index contributed by atoms with van der Waals surface area (Å²) in [7, 11) is 1.31. The van der Waals surface area contributed by atoms with Gasteiger partial charge in [-0.25, -0.2) is 0 Å². The number of benzene rings is 3. The molecule has 0 aromatic heterocycles. The summed E-state index contributed by atoms with van der Waals surface area (Å²) < 4.78 is 50.7. The molecular formula is C26H24F3NO3. The second-order valence-electron chi connectivity index (χ2n) is 7.99. The Kier molecular flexibility index (Phi) is 6.70. The third kappa shape index (κ3) is 5.54. The van der Waals surface area contributed by atoms with E-state index in [4.69, 9.17) is 4.74 Å². The number of alkyl halides is 3. The molecule has 172 valence electrons. The fourth-order valence-electron chi connectivity index (χ4n) is 4.08. The zero-order valence-corrected chi connectivity index (χ0v) is 18.1. The SMILES string of the molecule is COC(=O)Cc1cccc(Oc2ccc(C(F)(F)F)cc2CNC2CCc3ccccc32)c1. The van der Waals surface area contributed by atoms with E-state index < -0.39 is 11.7 Å². The average molecular weight is 455 g/mol. The highest BCUT2D eigenvalue weighted by atomic mass is 19.4. The van der Waals surface area contributed by atoms with Crippen LogP contribution in [0.1, 0.15) is 40.3 Å². The van der Waals surface area contributed by atoms with Gasteiger partial charge in [-0.3, -0.25) is 4.79 Å². The lowest BCUT2D eigenvalue weighted by atomic mass is 10.1. The third-order valence-corrected chi connectivity index (χ3v) is 5.76. The summed E-state index contributed by atoms with van der Waals surface area (Å²) in [4.78, 5) is 11.6. The van der Waals surface area contributed by atoms with Gasteiger partial charge in [0.25, 0.3) is 0 Å². The van der Waals surface area contributed by atoms with Crippen LogP contribution in [0, 0.1) is 0 Å². The first-order valence-corrected chi connectivity index (χ1v) is 10.7. The summed E-state index contributed by atoms with van der Waals surface area (Å²) in [5.74, 6) is 0.379. The first kappa shape index (κ1) is 22.9. The van der Waals surface area contributed by atoms with Gasteiger partial charge in [-0.15, -0.1) is 0 Å². The molecule has 7 heteroatoms. The molecule has 3 aromatic carbocycles. The Labute approximate surface area is 190 Å². The summed E-state index contributed by atoms with van der Waals surface area (Å²) in [6.07, 6.45) is -2.54. The molecule has 3 aromatic rings. The van der Waals surface area contributed by atoms with Gasteiger partial charge in [0.05, 0.1) is 19.1 Å². The van der Waals surface area contributed by atoms with Crippen LogP contribution in [0.2, 0.25) is 0 Å². The van der Waals surface area contributed by atoms with Crippen LogP contribution < -0.4 is 10.1 Å². The molecular weight excluding hydrogens is 431 g/mol. The van der Waals surface area contributed by atoms with Crippen molar-refractivity contribution in [1.82, 2.24) is 5.32 Å². The van der Waals surface area contributed by atoms with Crippen molar-refractivity contribution in [3.63, 3.8) is 0 Å². The smallest absolute Gasteiger partial charge is 0.416 e. The number of nitrogens with one attached hydrogen (secondary N) is 1. The number of aryl methyl sites for hydroxylation is 1. The Morgan fingerprint density at radius 1 is 1.06 bits per heavy atom. The largest absolute Gasteiger partial charge is 0.469 e. The average Bonchev–Trinajstić information content (AvgIpc) is 3.21. The van der Waals surface area contributed by atoms with Crippen LogP contribution in [0.15, 0.2) is 66.7 Å². The molecule has 4 rings (SSSR count). The van der Waals surface area contributed by atoms with Crippen LogP contribution in [-0.4, -0.2) is 13.1 Å². The van der Waals surface area contributed by atoms with Crippen LogP contribution in [0.4, 0.5) is 13.2 Å². The minimum atomic E-state index is -4.45. The zero-order valence-electron chi connectivity index (χ0n) is 18.1. The monoisotopic (exact) mass is 455 g/mol. The van der Waals surface area contributed by atoms with Crippen LogP contribution in [0.25, 0.3) is 0 Å². The van der Waals surface area contributed by atoms with Crippen molar-refractivity contribution in [2.75, 3.05) is 7.11 Å². The molecule has 0 spiro atoms. The van der Waals surface area contributed by atoms with Crippen LogP contribution in [0.3, 0.4) is 0 Å². The van der Waals surface area contributed by atoms with Crippen molar-refractivity contribution in [2.24, 2.45) is 0 Å². The van der Waals surface area contributed by atoms with Gasteiger partial charge >= 0.3 is 12.1 Å². The number of halogens is 3. The minimum absolute atomic E-state index is 0.0759. The van der Waals surface area contributed by atoms with Crippen molar-refractivity contribution in [3.05, 3.63) is 94.5 Å². The Hall–Kier alpha value is -3.32. The fraction of sp³-hybridized carbons (Fsp3) is 0.269. The van der Waals surface area contributed by atoms with Gasteiger partial charge in [-0.1, -0.05) is 36.4 Å². The van der Waals surface area contributed by atoms with Gasteiger partial charge in [-0.2, -0.15) is 13.2 Å². The van der Waals surface area contributed by atoms with E-state index in [1.165, 1.54) is 24.3 Å². The molecule has 1 aliphatic rings. The normalized spacial score (nSPS) is 15.2. The Balaban J connectivity index is 1.57. The maximum absolute atomic E-state index is 13.4. The van der Waals surface area contributed by atoms with E-state index >= 15 is 0 Å². The van der Waals surface area contributed by atoms with E-state index in [9.17, 15) is 18.0 Å². The predicted octanol–water partition coefficient (Wildman–Crippen LogP) is 5.99. The Morgan fingerprint density at radius 2 is 1.88 bits per heavy atom. The van der Waals surface area contributed by atoms with Gasteiger partial charge in [-0.05, 0) is 59.9 Å². The summed E-state index contributed by atoms with van der Waals surface area (Å²) in [5.41, 5.74) is 2.82. The highest BCUT2D eigenvalue weighted by molar-refractivity contribution is 5.72. The number of carbonyl (C=O) groups excluding carboxylic acids is 1. The van der Waals surface area contributed by atoms with E-state index in [1.54, 1.807) is 24.3 Å². The second kappa shape index (κ2) is 9.67. The van der Waals surface area contributed by atoms with E-state index in [0.717, 1.165) is 25.0 Å². The van der Waals surface area contributed by atoms with E-state index in [1.807, 2.05) is 12.1 Å².